The lowest BCUT2D eigenvalue weighted by molar-refractivity contribution is -0.114. The second-order valence-electron chi connectivity index (χ2n) is 10.8. The van der Waals surface area contributed by atoms with E-state index in [1.807, 2.05) is 39.0 Å². The highest BCUT2D eigenvalue weighted by Gasteiger charge is 2.23. The van der Waals surface area contributed by atoms with Crippen LogP contribution in [0.2, 0.25) is 5.02 Å². The number of carbonyl (C=O) groups excluding carboxylic acids is 2. The molecule has 1 atom stereocenters. The van der Waals surface area contributed by atoms with Gasteiger partial charge in [0.2, 0.25) is 6.41 Å². The van der Waals surface area contributed by atoms with Crippen molar-refractivity contribution in [3.63, 3.8) is 0 Å². The van der Waals surface area contributed by atoms with Crippen LogP contribution in [0.1, 0.15) is 119 Å². The molecular formula is C33H58ClN3O2. The Morgan fingerprint density at radius 2 is 1.77 bits per heavy atom. The average molecular weight is 564 g/mol. The van der Waals surface area contributed by atoms with Gasteiger partial charge < -0.3 is 5.32 Å². The van der Waals surface area contributed by atoms with Crippen LogP contribution >= 0.6 is 11.6 Å². The number of rotatable bonds is 10. The highest BCUT2D eigenvalue weighted by Crippen LogP contribution is 2.26. The Bertz CT molecular complexity index is 870. The lowest BCUT2D eigenvalue weighted by atomic mass is 9.86. The van der Waals surface area contributed by atoms with Gasteiger partial charge in [0.15, 0.2) is 5.78 Å². The van der Waals surface area contributed by atoms with E-state index in [1.54, 1.807) is 7.05 Å². The number of halogens is 1. The van der Waals surface area contributed by atoms with Crippen molar-refractivity contribution in [2.24, 2.45) is 4.99 Å². The van der Waals surface area contributed by atoms with Crippen LogP contribution in [0.25, 0.3) is 0 Å². The summed E-state index contributed by atoms with van der Waals surface area (Å²) in [6, 6.07) is 6.44. The minimum atomic E-state index is 0.0703. The predicted molar refractivity (Wildman–Crippen MR) is 172 cm³/mol. The van der Waals surface area contributed by atoms with Crippen molar-refractivity contribution in [2.75, 3.05) is 20.1 Å². The summed E-state index contributed by atoms with van der Waals surface area (Å²) >= 11 is 6.02. The van der Waals surface area contributed by atoms with Crippen LogP contribution in [0.15, 0.2) is 34.8 Å². The number of allylic oxidation sites excluding steroid dienone is 2. The lowest BCUT2D eigenvalue weighted by Gasteiger charge is -2.20. The third-order valence-electron chi connectivity index (χ3n) is 6.42. The number of aliphatic imine (C=N–C) groups is 1. The van der Waals surface area contributed by atoms with Gasteiger partial charge in [-0.25, -0.2) is 0 Å². The van der Waals surface area contributed by atoms with Crippen LogP contribution < -0.4 is 5.32 Å². The summed E-state index contributed by atoms with van der Waals surface area (Å²) in [4.78, 5) is 28.7. The molecule has 2 rings (SSSR count). The number of unbranched alkanes of at least 4 members (excludes halogenated alkanes) is 2. The van der Waals surface area contributed by atoms with Crippen molar-refractivity contribution in [3.8, 4) is 0 Å². The van der Waals surface area contributed by atoms with Crippen molar-refractivity contribution in [1.82, 2.24) is 10.2 Å². The van der Waals surface area contributed by atoms with Crippen molar-refractivity contribution in [3.05, 3.63) is 46.0 Å². The molecule has 224 valence electrons. The lowest BCUT2D eigenvalue weighted by Crippen LogP contribution is -2.35. The summed E-state index contributed by atoms with van der Waals surface area (Å²) < 4.78 is 0. The normalized spacial score (nSPS) is 15.6. The number of ketones is 1. The van der Waals surface area contributed by atoms with E-state index in [4.69, 9.17) is 11.6 Å². The third kappa shape index (κ3) is 18.1. The summed E-state index contributed by atoms with van der Waals surface area (Å²) in [6.45, 7) is 23.2. The largest absolute Gasteiger partial charge is 0.355 e. The Labute approximate surface area is 245 Å². The SMILES string of the molecule is CC.CC(C)(C)c1cc(Cl)cc(CNC=O)c1.CC/C(C)=C/C(=NC)C(=O)CN1CCCC1C.CCCCC. The zero-order valence-electron chi connectivity index (χ0n) is 26.9. The molecule has 0 aromatic heterocycles. The van der Waals surface area contributed by atoms with Crippen molar-refractivity contribution < 1.29 is 9.59 Å². The number of hydrogen-bond donors (Lipinski definition) is 1. The van der Waals surface area contributed by atoms with Gasteiger partial charge in [-0.1, -0.05) is 97.9 Å². The van der Waals surface area contributed by atoms with E-state index in [9.17, 15) is 9.59 Å². The van der Waals surface area contributed by atoms with Gasteiger partial charge in [-0.15, -0.1) is 0 Å². The summed E-state index contributed by atoms with van der Waals surface area (Å²) in [6.07, 6.45) is 10.1. The minimum Gasteiger partial charge on any atom is -0.355 e. The van der Waals surface area contributed by atoms with Gasteiger partial charge >= 0.3 is 0 Å². The average Bonchev–Trinajstić information content (AvgIpc) is 3.31. The first kappa shape index (κ1) is 39.2. The molecule has 6 heteroatoms. The maximum absolute atomic E-state index is 12.1. The number of nitrogens with zero attached hydrogens (tertiary/aromatic N) is 2. The Morgan fingerprint density at radius 1 is 1.15 bits per heavy atom. The molecular weight excluding hydrogens is 506 g/mol. The molecule has 1 heterocycles. The molecule has 1 fully saturated rings. The molecule has 1 aromatic rings. The molecule has 0 radical (unpaired) electrons. The zero-order chi connectivity index (χ0) is 30.4. The number of carbonyl (C=O) groups is 2. The smallest absolute Gasteiger partial charge is 0.207 e. The molecule has 1 amide bonds. The molecule has 1 aromatic carbocycles. The Balaban J connectivity index is 0. The van der Waals surface area contributed by atoms with Crippen LogP contribution in [0.5, 0.6) is 0 Å². The van der Waals surface area contributed by atoms with E-state index in [0.29, 0.717) is 36.3 Å². The summed E-state index contributed by atoms with van der Waals surface area (Å²) in [7, 11) is 1.69. The highest BCUT2D eigenvalue weighted by molar-refractivity contribution is 6.45. The van der Waals surface area contributed by atoms with Gasteiger partial charge in [0.25, 0.3) is 0 Å². The Morgan fingerprint density at radius 3 is 2.18 bits per heavy atom. The first-order valence-corrected chi connectivity index (χ1v) is 15.2. The van der Waals surface area contributed by atoms with E-state index in [2.05, 4.69) is 69.7 Å². The standard InChI is InChI=1S/C14H24N2O.C12H16ClNO.C5H12.C2H6/c1-5-11(2)9-13(15-4)14(17)10-16-8-6-7-12(16)3;1-12(2,3)10-4-9(7-14-8-15)5-11(13)6-10;1-3-5-4-2;1-2/h9,12H,5-8,10H2,1-4H3;4-6,8H,7H2,1-3H3,(H,14,15);3-5H2,1-2H3;1-2H3/b11-9+,15-13?;;;. The Hall–Kier alpha value is -1.98. The van der Waals surface area contributed by atoms with Gasteiger partial charge in [0.1, 0.15) is 5.71 Å². The molecule has 1 aliphatic rings. The summed E-state index contributed by atoms with van der Waals surface area (Å²) in [5.74, 6) is 0.147. The van der Waals surface area contributed by atoms with Crippen molar-refractivity contribution in [2.45, 2.75) is 126 Å². The molecule has 1 N–H and O–H groups in total. The second kappa shape index (κ2) is 22.8. The quantitative estimate of drug-likeness (QED) is 0.229. The number of benzene rings is 1. The maximum atomic E-state index is 12.1. The summed E-state index contributed by atoms with van der Waals surface area (Å²) in [5.41, 5.74) is 4.09. The van der Waals surface area contributed by atoms with Gasteiger partial charge in [0, 0.05) is 24.7 Å². The first-order valence-electron chi connectivity index (χ1n) is 14.8. The topological polar surface area (TPSA) is 61.8 Å². The van der Waals surface area contributed by atoms with Gasteiger partial charge in [-0.3, -0.25) is 19.5 Å². The number of nitrogens with one attached hydrogen (secondary N) is 1. The fourth-order valence-electron chi connectivity index (χ4n) is 3.80. The monoisotopic (exact) mass is 563 g/mol. The van der Waals surface area contributed by atoms with E-state index in [-0.39, 0.29) is 11.2 Å². The van der Waals surface area contributed by atoms with Crippen molar-refractivity contribution >= 4 is 29.5 Å². The van der Waals surface area contributed by atoms with Gasteiger partial charge in [-0.2, -0.15) is 0 Å². The number of hydrogen-bond acceptors (Lipinski definition) is 4. The van der Waals surface area contributed by atoms with Crippen LogP contribution in [-0.4, -0.2) is 49.0 Å². The van der Waals surface area contributed by atoms with E-state index in [0.717, 1.165) is 18.5 Å². The van der Waals surface area contributed by atoms with E-state index >= 15 is 0 Å². The molecule has 0 bridgehead atoms. The zero-order valence-corrected chi connectivity index (χ0v) is 27.7. The van der Waals surface area contributed by atoms with Crippen LogP contribution in [0.3, 0.4) is 0 Å². The van der Waals surface area contributed by atoms with Crippen LogP contribution in [0.4, 0.5) is 0 Å². The molecule has 1 saturated heterocycles. The minimum absolute atomic E-state index is 0.0703. The molecule has 0 spiro atoms. The van der Waals surface area contributed by atoms with Crippen molar-refractivity contribution in [1.29, 1.82) is 0 Å². The number of likely N-dealkylation sites (tertiary alicyclic amines) is 1. The first-order chi connectivity index (χ1) is 18.4. The fraction of sp³-hybridized carbons (Fsp3) is 0.667. The number of Topliss-reactive ketones (excluding diaryl/α,β-unsaturated/α-hetero) is 1. The maximum Gasteiger partial charge on any atom is 0.207 e. The summed E-state index contributed by atoms with van der Waals surface area (Å²) in [5, 5.41) is 3.34. The van der Waals surface area contributed by atoms with Crippen LogP contribution in [0, 0.1) is 0 Å². The molecule has 0 aliphatic carbocycles. The van der Waals surface area contributed by atoms with E-state index < -0.39 is 0 Å². The molecule has 39 heavy (non-hydrogen) atoms. The van der Waals surface area contributed by atoms with Crippen LogP contribution in [-0.2, 0) is 21.5 Å². The fourth-order valence-corrected chi connectivity index (χ4v) is 4.05. The molecule has 5 nitrogen and oxygen atoms in total. The molecule has 0 saturated carbocycles. The highest BCUT2D eigenvalue weighted by atomic mass is 35.5. The van der Waals surface area contributed by atoms with Gasteiger partial charge in [-0.05, 0) is 74.4 Å². The molecule has 1 aliphatic heterocycles. The molecule has 1 unspecified atom stereocenters. The number of amides is 1. The van der Waals surface area contributed by atoms with E-state index in [1.165, 1.54) is 43.2 Å². The second-order valence-corrected chi connectivity index (χ2v) is 11.2. The third-order valence-corrected chi connectivity index (χ3v) is 6.64. The van der Waals surface area contributed by atoms with Gasteiger partial charge in [0.05, 0.1) is 6.54 Å². The predicted octanol–water partition coefficient (Wildman–Crippen LogP) is 8.57. The Kier molecular flexibility index (Phi) is 22.9.